The minimum atomic E-state index is -2.79. The molecule has 2 aromatic carbocycles. The Kier molecular flexibility index (Phi) is 6.35. The van der Waals surface area contributed by atoms with Crippen LogP contribution in [0.3, 0.4) is 0 Å². The first-order valence-electron chi connectivity index (χ1n) is 12.3. The van der Waals surface area contributed by atoms with Crippen LogP contribution in [0.1, 0.15) is 23.1 Å². The average molecular weight is 530 g/mol. The van der Waals surface area contributed by atoms with Crippen molar-refractivity contribution in [2.75, 3.05) is 0 Å². The molecule has 200 valence electrons. The summed E-state index contributed by atoms with van der Waals surface area (Å²) in [6, 6.07) is 12.5. The molecule has 3 aliphatic carbocycles. The van der Waals surface area contributed by atoms with Gasteiger partial charge in [0.2, 0.25) is 11.6 Å². The van der Waals surface area contributed by atoms with E-state index in [9.17, 15) is 29.7 Å². The van der Waals surface area contributed by atoms with Crippen molar-refractivity contribution in [3.05, 3.63) is 94.9 Å². The van der Waals surface area contributed by atoms with Crippen LogP contribution in [0.15, 0.2) is 78.2 Å². The molecular formula is C29H27N3O7. The van der Waals surface area contributed by atoms with Crippen molar-refractivity contribution >= 4 is 29.6 Å². The fraction of sp³-hybridized carbons (Fsp3) is 0.241. The standard InChI is InChI=1S/C29H27N3O7/c1-2-32(14-30)23-18-12-17-11-16-9-6-10-19(33)20(16)24(34)21(17)26(35)29(18,38)27(36)22(28(31)37)25(23)39-13-15-7-4-3-5-8-15/h2-10,14,17-18,23,30,33-34,38H,1,11-13H2,(H2,31,37)/t17-,18-,23-,29-/m0/s1. The Morgan fingerprint density at radius 1 is 1.15 bits per heavy atom. The monoisotopic (exact) mass is 529 g/mol. The van der Waals surface area contributed by atoms with Gasteiger partial charge in [-0.25, -0.2) is 0 Å². The number of carbonyl (C=O) groups is 3. The van der Waals surface area contributed by atoms with Crippen LogP contribution in [0.4, 0.5) is 0 Å². The Hall–Kier alpha value is -4.70. The molecule has 0 radical (unpaired) electrons. The number of amides is 1. The quantitative estimate of drug-likeness (QED) is 0.157. The van der Waals surface area contributed by atoms with E-state index in [4.69, 9.17) is 15.9 Å². The number of hydrogen-bond donors (Lipinski definition) is 5. The smallest absolute Gasteiger partial charge is 0.255 e. The maximum absolute atomic E-state index is 14.0. The van der Waals surface area contributed by atoms with E-state index < -0.39 is 52.3 Å². The number of benzene rings is 2. The number of hydrogen-bond acceptors (Lipinski definition) is 8. The third-order valence-electron chi connectivity index (χ3n) is 7.80. The summed E-state index contributed by atoms with van der Waals surface area (Å²) >= 11 is 0. The van der Waals surface area contributed by atoms with E-state index in [0.29, 0.717) is 5.56 Å². The number of rotatable bonds is 7. The number of ketones is 2. The number of phenols is 1. The zero-order valence-corrected chi connectivity index (χ0v) is 20.8. The predicted octanol–water partition coefficient (Wildman–Crippen LogP) is 2.11. The van der Waals surface area contributed by atoms with Crippen LogP contribution in [-0.4, -0.2) is 55.7 Å². The number of nitrogens with one attached hydrogen (secondary N) is 1. The second kappa shape index (κ2) is 9.55. The first kappa shape index (κ1) is 25.9. The highest BCUT2D eigenvalue weighted by Crippen LogP contribution is 2.52. The van der Waals surface area contributed by atoms with Gasteiger partial charge in [0.05, 0.1) is 17.9 Å². The largest absolute Gasteiger partial charge is 0.507 e. The molecule has 1 saturated carbocycles. The summed E-state index contributed by atoms with van der Waals surface area (Å²) in [4.78, 5) is 41.7. The number of ether oxygens (including phenoxy) is 1. The lowest BCUT2D eigenvalue weighted by molar-refractivity contribution is -0.161. The van der Waals surface area contributed by atoms with E-state index in [-0.39, 0.29) is 42.1 Å². The maximum Gasteiger partial charge on any atom is 0.255 e. The van der Waals surface area contributed by atoms with Gasteiger partial charge < -0.3 is 30.7 Å². The summed E-state index contributed by atoms with van der Waals surface area (Å²) in [6.45, 7) is 3.66. The van der Waals surface area contributed by atoms with Gasteiger partial charge in [-0.2, -0.15) is 0 Å². The minimum Gasteiger partial charge on any atom is -0.507 e. The van der Waals surface area contributed by atoms with Gasteiger partial charge in [0.1, 0.15) is 29.4 Å². The first-order chi connectivity index (χ1) is 18.6. The molecule has 1 fully saturated rings. The van der Waals surface area contributed by atoms with E-state index in [1.165, 1.54) is 17.2 Å². The van der Waals surface area contributed by atoms with Gasteiger partial charge >= 0.3 is 0 Å². The Morgan fingerprint density at radius 2 is 1.87 bits per heavy atom. The van der Waals surface area contributed by atoms with Crippen LogP contribution in [0, 0.1) is 17.2 Å². The second-order valence-electron chi connectivity index (χ2n) is 9.82. The third kappa shape index (κ3) is 3.83. The number of aromatic hydroxyl groups is 1. The van der Waals surface area contributed by atoms with Crippen LogP contribution in [0.25, 0.3) is 5.76 Å². The summed E-state index contributed by atoms with van der Waals surface area (Å²) in [5, 5.41) is 41.3. The molecule has 10 heteroatoms. The number of nitrogens with zero attached hydrogens (tertiary/aromatic N) is 1. The van der Waals surface area contributed by atoms with Crippen molar-refractivity contribution < 1.29 is 34.4 Å². The predicted molar refractivity (Wildman–Crippen MR) is 140 cm³/mol. The molecule has 0 spiro atoms. The Morgan fingerprint density at radius 3 is 2.51 bits per heavy atom. The SMILES string of the molecule is C=CN(C=N)[C@@H]1C(OCc2ccccc2)=C(C(N)=O)C(=O)[C@@]2(O)C(=O)C3=C(O)c4c(O)cccc4C[C@H]3C[C@@H]12. The Labute approximate surface area is 223 Å². The molecule has 39 heavy (non-hydrogen) atoms. The third-order valence-corrected chi connectivity index (χ3v) is 7.80. The van der Waals surface area contributed by atoms with Crippen molar-refractivity contribution in [3.8, 4) is 5.75 Å². The van der Waals surface area contributed by atoms with E-state index in [1.807, 2.05) is 6.07 Å². The summed E-state index contributed by atoms with van der Waals surface area (Å²) in [5.41, 5.74) is 3.30. The summed E-state index contributed by atoms with van der Waals surface area (Å²) < 4.78 is 6.02. The molecule has 4 atom stereocenters. The van der Waals surface area contributed by atoms with Crippen molar-refractivity contribution in [1.29, 1.82) is 5.41 Å². The number of carbonyl (C=O) groups excluding carboxylic acids is 3. The van der Waals surface area contributed by atoms with Gasteiger partial charge in [-0.1, -0.05) is 49.0 Å². The van der Waals surface area contributed by atoms with E-state index in [1.54, 1.807) is 36.4 Å². The number of nitrogens with two attached hydrogens (primary N) is 1. The molecule has 1 amide bonds. The second-order valence-corrected chi connectivity index (χ2v) is 9.82. The number of Topliss-reactive ketones (excluding diaryl/α,β-unsaturated/α-hetero) is 2. The fourth-order valence-corrected chi connectivity index (χ4v) is 6.05. The normalized spacial score (nSPS) is 25.8. The van der Waals surface area contributed by atoms with Gasteiger partial charge in [0.15, 0.2) is 5.60 Å². The lowest BCUT2D eigenvalue weighted by Crippen LogP contribution is -2.67. The molecule has 0 unspecified atom stereocenters. The summed E-state index contributed by atoms with van der Waals surface area (Å²) in [7, 11) is 0. The molecule has 5 rings (SSSR count). The number of aliphatic hydroxyl groups excluding tert-OH is 1. The molecular weight excluding hydrogens is 502 g/mol. The molecule has 0 aromatic heterocycles. The van der Waals surface area contributed by atoms with Gasteiger partial charge in [-0.15, -0.1) is 0 Å². The summed E-state index contributed by atoms with van der Waals surface area (Å²) in [5.74, 6) is -6.30. The highest BCUT2D eigenvalue weighted by molar-refractivity contribution is 6.33. The van der Waals surface area contributed by atoms with Crippen molar-refractivity contribution in [1.82, 2.24) is 4.90 Å². The number of phenolic OH excluding ortho intramolecular Hbond substituents is 1. The van der Waals surface area contributed by atoms with Crippen LogP contribution < -0.4 is 5.73 Å². The number of aliphatic hydroxyl groups is 2. The van der Waals surface area contributed by atoms with E-state index in [0.717, 1.165) is 11.9 Å². The number of fused-ring (bicyclic) bond motifs is 3. The molecule has 2 aromatic rings. The van der Waals surface area contributed by atoms with Crippen LogP contribution in [0.2, 0.25) is 0 Å². The van der Waals surface area contributed by atoms with Gasteiger partial charge in [-0.05, 0) is 42.2 Å². The summed E-state index contributed by atoms with van der Waals surface area (Å²) in [6.07, 6.45) is 2.41. The topological polar surface area (TPSA) is 174 Å². The highest BCUT2D eigenvalue weighted by atomic mass is 16.5. The van der Waals surface area contributed by atoms with Crippen molar-refractivity contribution in [2.45, 2.75) is 31.1 Å². The zero-order chi connectivity index (χ0) is 28.1. The average Bonchev–Trinajstić information content (AvgIpc) is 2.91. The van der Waals surface area contributed by atoms with Gasteiger partial charge in [0.25, 0.3) is 5.91 Å². The first-order valence-corrected chi connectivity index (χ1v) is 12.3. The van der Waals surface area contributed by atoms with Crippen LogP contribution >= 0.6 is 0 Å². The van der Waals surface area contributed by atoms with E-state index in [2.05, 4.69) is 6.58 Å². The van der Waals surface area contributed by atoms with E-state index >= 15 is 0 Å². The van der Waals surface area contributed by atoms with Gasteiger partial charge in [-0.3, -0.25) is 19.8 Å². The molecule has 0 saturated heterocycles. The van der Waals surface area contributed by atoms with Gasteiger partial charge in [0, 0.05) is 11.5 Å². The Balaban J connectivity index is 1.70. The molecule has 6 N–H and O–H groups in total. The lowest BCUT2D eigenvalue weighted by Gasteiger charge is -2.50. The Bertz CT molecular complexity index is 1470. The molecule has 0 heterocycles. The molecule has 3 aliphatic rings. The van der Waals surface area contributed by atoms with Crippen molar-refractivity contribution in [2.24, 2.45) is 17.6 Å². The molecule has 0 aliphatic heterocycles. The highest BCUT2D eigenvalue weighted by Gasteiger charge is 2.65. The minimum absolute atomic E-state index is 0.00948. The molecule has 0 bridgehead atoms. The van der Waals surface area contributed by atoms with Crippen LogP contribution in [0.5, 0.6) is 5.75 Å². The van der Waals surface area contributed by atoms with Crippen LogP contribution in [-0.2, 0) is 32.1 Å². The zero-order valence-electron chi connectivity index (χ0n) is 20.8. The maximum atomic E-state index is 14.0. The van der Waals surface area contributed by atoms with Crippen molar-refractivity contribution in [3.63, 3.8) is 0 Å². The fourth-order valence-electron chi connectivity index (χ4n) is 6.05. The molecule has 10 nitrogen and oxygen atoms in total. The lowest BCUT2D eigenvalue weighted by atomic mass is 9.57. The number of primary amides is 1.